The number of carbonyl (C=O) groups is 1. The van der Waals surface area contributed by atoms with Crippen molar-refractivity contribution >= 4 is 5.97 Å². The van der Waals surface area contributed by atoms with Crippen molar-refractivity contribution in [2.45, 2.75) is 78.7 Å². The number of phenolic OH excluding ortho intramolecular Hbond substituents is 1. The second kappa shape index (κ2) is 7.51. The van der Waals surface area contributed by atoms with E-state index in [0.717, 1.165) is 59.3 Å². The van der Waals surface area contributed by atoms with Crippen LogP contribution in [-0.2, 0) is 11.2 Å². The van der Waals surface area contributed by atoms with Gasteiger partial charge in [-0.25, -0.2) is 0 Å². The fourth-order valence-electron chi connectivity index (χ4n) is 3.50. The number of fused-ring (bicyclic) bond motifs is 1. The SMILES string of the molecule is C/C(=C\CC[C@]1(C)CCc2c(C)c(O)c(C)c(C)c2O1)CCC(=O)O. The normalized spacial score (nSPS) is 20.1. The van der Waals surface area contributed by atoms with Crippen LogP contribution in [-0.4, -0.2) is 21.8 Å². The summed E-state index contributed by atoms with van der Waals surface area (Å²) in [5.74, 6) is 0.574. The van der Waals surface area contributed by atoms with Crippen LogP contribution in [0.1, 0.15) is 68.2 Å². The molecule has 1 aliphatic heterocycles. The minimum absolute atomic E-state index is 0.185. The number of carboxylic acid groups (broad SMARTS) is 1. The van der Waals surface area contributed by atoms with E-state index in [0.29, 0.717) is 12.2 Å². The molecule has 1 aliphatic rings. The van der Waals surface area contributed by atoms with Crippen molar-refractivity contribution in [3.8, 4) is 11.5 Å². The van der Waals surface area contributed by atoms with Crippen molar-refractivity contribution < 1.29 is 19.7 Å². The highest BCUT2D eigenvalue weighted by Crippen LogP contribution is 2.44. The molecule has 1 aromatic rings. The second-order valence-electron chi connectivity index (χ2n) is 7.57. The summed E-state index contributed by atoms with van der Waals surface area (Å²) in [6.45, 7) is 10.0. The number of phenols is 1. The first-order valence-corrected chi connectivity index (χ1v) is 9.02. The van der Waals surface area contributed by atoms with Crippen molar-refractivity contribution in [3.05, 3.63) is 33.9 Å². The molecule has 25 heavy (non-hydrogen) atoms. The van der Waals surface area contributed by atoms with E-state index in [2.05, 4.69) is 13.0 Å². The molecular weight excluding hydrogens is 316 g/mol. The van der Waals surface area contributed by atoms with Crippen LogP contribution in [0.15, 0.2) is 11.6 Å². The van der Waals surface area contributed by atoms with Crippen molar-refractivity contribution in [3.63, 3.8) is 0 Å². The van der Waals surface area contributed by atoms with Crippen molar-refractivity contribution in [1.29, 1.82) is 0 Å². The van der Waals surface area contributed by atoms with Gasteiger partial charge in [0.05, 0.1) is 0 Å². The lowest BCUT2D eigenvalue weighted by atomic mass is 9.85. The Morgan fingerprint density at radius 2 is 1.88 bits per heavy atom. The predicted molar refractivity (Wildman–Crippen MR) is 99.5 cm³/mol. The number of hydrogen-bond donors (Lipinski definition) is 2. The van der Waals surface area contributed by atoms with Crippen molar-refractivity contribution in [2.24, 2.45) is 0 Å². The number of benzene rings is 1. The van der Waals surface area contributed by atoms with Crippen LogP contribution in [0, 0.1) is 20.8 Å². The quantitative estimate of drug-likeness (QED) is 0.712. The standard InChI is InChI=1S/C21H30O4/c1-13(8-9-18(22)23)7-6-11-21(5)12-10-17-16(4)19(24)14(2)15(3)20(17)25-21/h7,24H,6,8-12H2,1-5H3,(H,22,23)/b13-7+/t21-/m1/s1. The molecule has 0 radical (unpaired) electrons. The Bertz CT molecular complexity index is 703. The molecule has 0 fully saturated rings. The van der Waals surface area contributed by atoms with Gasteiger partial charge in [0, 0.05) is 12.0 Å². The van der Waals surface area contributed by atoms with E-state index >= 15 is 0 Å². The average molecular weight is 346 g/mol. The molecule has 0 spiro atoms. The largest absolute Gasteiger partial charge is 0.507 e. The van der Waals surface area contributed by atoms with Gasteiger partial charge in [-0.3, -0.25) is 4.79 Å². The molecule has 0 aromatic heterocycles. The Morgan fingerprint density at radius 1 is 1.20 bits per heavy atom. The predicted octanol–water partition coefficient (Wildman–Crippen LogP) is 4.99. The molecule has 0 unspecified atom stereocenters. The minimum Gasteiger partial charge on any atom is -0.507 e. The molecule has 1 heterocycles. The Kier molecular flexibility index (Phi) is 5.81. The lowest BCUT2D eigenvalue weighted by Gasteiger charge is -2.38. The molecule has 2 rings (SSSR count). The van der Waals surface area contributed by atoms with Gasteiger partial charge in [-0.2, -0.15) is 0 Å². The van der Waals surface area contributed by atoms with E-state index in [-0.39, 0.29) is 12.0 Å². The molecule has 0 bridgehead atoms. The van der Waals surface area contributed by atoms with Gasteiger partial charge < -0.3 is 14.9 Å². The molecule has 4 nitrogen and oxygen atoms in total. The molecule has 1 atom stereocenters. The molecule has 138 valence electrons. The number of carboxylic acids is 1. The summed E-state index contributed by atoms with van der Waals surface area (Å²) in [6.07, 6.45) is 6.53. The van der Waals surface area contributed by atoms with E-state index in [1.54, 1.807) is 0 Å². The highest BCUT2D eigenvalue weighted by atomic mass is 16.5. The van der Waals surface area contributed by atoms with Crippen LogP contribution in [0.4, 0.5) is 0 Å². The summed E-state index contributed by atoms with van der Waals surface area (Å²) >= 11 is 0. The maximum absolute atomic E-state index is 10.6. The number of allylic oxidation sites excluding steroid dienone is 2. The first-order chi connectivity index (χ1) is 11.6. The summed E-state index contributed by atoms with van der Waals surface area (Å²) in [5, 5.41) is 19.0. The maximum atomic E-state index is 10.6. The Balaban J connectivity index is 2.08. The van der Waals surface area contributed by atoms with Crippen LogP contribution in [0.2, 0.25) is 0 Å². The van der Waals surface area contributed by atoms with E-state index in [1.165, 1.54) is 0 Å². The number of hydrogen-bond acceptors (Lipinski definition) is 3. The molecule has 4 heteroatoms. The third-order valence-electron chi connectivity index (χ3n) is 5.49. The second-order valence-corrected chi connectivity index (χ2v) is 7.57. The van der Waals surface area contributed by atoms with Crippen molar-refractivity contribution in [1.82, 2.24) is 0 Å². The van der Waals surface area contributed by atoms with Gasteiger partial charge in [0.15, 0.2) is 0 Å². The Morgan fingerprint density at radius 3 is 2.52 bits per heavy atom. The monoisotopic (exact) mass is 346 g/mol. The lowest BCUT2D eigenvalue weighted by molar-refractivity contribution is -0.136. The first-order valence-electron chi connectivity index (χ1n) is 9.02. The topological polar surface area (TPSA) is 66.8 Å². The molecule has 0 saturated carbocycles. The first kappa shape index (κ1) is 19.4. The number of rotatable bonds is 6. The van der Waals surface area contributed by atoms with Crippen LogP contribution < -0.4 is 4.74 Å². The Labute approximate surface area is 150 Å². The van der Waals surface area contributed by atoms with E-state index in [1.807, 2.05) is 27.7 Å². The maximum Gasteiger partial charge on any atom is 0.303 e. The third kappa shape index (κ3) is 4.36. The van der Waals surface area contributed by atoms with Gasteiger partial charge in [0.1, 0.15) is 17.1 Å². The molecule has 0 saturated heterocycles. The van der Waals surface area contributed by atoms with Crippen LogP contribution in [0.3, 0.4) is 0 Å². The summed E-state index contributed by atoms with van der Waals surface area (Å²) in [6, 6.07) is 0. The fraction of sp³-hybridized carbons (Fsp3) is 0.571. The van der Waals surface area contributed by atoms with E-state index in [4.69, 9.17) is 9.84 Å². The zero-order valence-corrected chi connectivity index (χ0v) is 16.0. The molecule has 1 aromatic carbocycles. The fourth-order valence-corrected chi connectivity index (χ4v) is 3.50. The summed E-state index contributed by atoms with van der Waals surface area (Å²) in [4.78, 5) is 10.6. The highest BCUT2D eigenvalue weighted by molar-refractivity contribution is 5.67. The molecule has 0 amide bonds. The summed E-state index contributed by atoms with van der Waals surface area (Å²) in [5.41, 5.74) is 4.88. The lowest BCUT2D eigenvalue weighted by Crippen LogP contribution is -2.37. The highest BCUT2D eigenvalue weighted by Gasteiger charge is 2.33. The number of aliphatic carboxylic acids is 1. The Hall–Kier alpha value is -1.97. The van der Waals surface area contributed by atoms with Gasteiger partial charge in [-0.15, -0.1) is 0 Å². The van der Waals surface area contributed by atoms with Crippen LogP contribution >= 0.6 is 0 Å². The zero-order valence-electron chi connectivity index (χ0n) is 16.0. The van der Waals surface area contributed by atoms with Crippen molar-refractivity contribution in [2.75, 3.05) is 0 Å². The van der Waals surface area contributed by atoms with E-state index < -0.39 is 5.97 Å². The van der Waals surface area contributed by atoms with Gasteiger partial charge >= 0.3 is 5.97 Å². The molecule has 0 aliphatic carbocycles. The zero-order chi connectivity index (χ0) is 18.8. The number of aromatic hydroxyl groups is 1. The number of ether oxygens (including phenoxy) is 1. The molecule has 2 N–H and O–H groups in total. The minimum atomic E-state index is -0.753. The summed E-state index contributed by atoms with van der Waals surface area (Å²) in [7, 11) is 0. The van der Waals surface area contributed by atoms with E-state index in [9.17, 15) is 9.90 Å². The van der Waals surface area contributed by atoms with Gasteiger partial charge in [0.25, 0.3) is 0 Å². The smallest absolute Gasteiger partial charge is 0.303 e. The average Bonchev–Trinajstić information content (AvgIpc) is 2.56. The third-order valence-corrected chi connectivity index (χ3v) is 5.49. The molecular formula is C21H30O4. The van der Waals surface area contributed by atoms with Gasteiger partial charge in [-0.1, -0.05) is 11.6 Å². The van der Waals surface area contributed by atoms with Gasteiger partial charge in [-0.05, 0) is 83.4 Å². The van der Waals surface area contributed by atoms with Crippen LogP contribution in [0.5, 0.6) is 11.5 Å². The van der Waals surface area contributed by atoms with Crippen LogP contribution in [0.25, 0.3) is 0 Å². The summed E-state index contributed by atoms with van der Waals surface area (Å²) < 4.78 is 6.41. The van der Waals surface area contributed by atoms with Gasteiger partial charge in [0.2, 0.25) is 0 Å².